The first-order valence-corrected chi connectivity index (χ1v) is 17.0. The van der Waals surface area contributed by atoms with E-state index in [1.165, 1.54) is 12.5 Å². The first kappa shape index (κ1) is 31.9. The zero-order valence-corrected chi connectivity index (χ0v) is 27.1. The van der Waals surface area contributed by atoms with Gasteiger partial charge < -0.3 is 0 Å². The van der Waals surface area contributed by atoms with Gasteiger partial charge in [-0.05, 0) is 92.2 Å². The van der Waals surface area contributed by atoms with Crippen molar-refractivity contribution in [3.63, 3.8) is 0 Å². The van der Waals surface area contributed by atoms with Gasteiger partial charge in [0.1, 0.15) is 6.17 Å². The Morgan fingerprint density at radius 3 is 2.43 bits per heavy atom. The largest absolute Gasteiger partial charge is 0.298 e. The number of Topliss-reactive ketones (excluding diaryl/α,β-unsaturated/α-hetero) is 2. The number of terminal acetylenes is 1. The van der Waals surface area contributed by atoms with Crippen LogP contribution in [0.5, 0.6) is 0 Å². The molecule has 0 N–H and O–H groups in total. The Balaban J connectivity index is 1.06. The van der Waals surface area contributed by atoms with Crippen molar-refractivity contribution in [1.82, 2.24) is 0 Å². The molecule has 0 amide bonds. The van der Waals surface area contributed by atoms with Crippen molar-refractivity contribution in [2.75, 3.05) is 0 Å². The Bertz CT molecular complexity index is 1680. The molecule has 6 rings (SSSR count). The van der Waals surface area contributed by atoms with Crippen LogP contribution in [0.1, 0.15) is 97.3 Å². The fourth-order valence-corrected chi connectivity index (χ4v) is 7.90. The van der Waals surface area contributed by atoms with Crippen molar-refractivity contribution in [3.8, 4) is 12.3 Å². The van der Waals surface area contributed by atoms with Crippen molar-refractivity contribution in [2.24, 2.45) is 28.2 Å². The van der Waals surface area contributed by atoms with Gasteiger partial charge in [0.25, 0.3) is 0 Å². The number of hydrogen-bond donors (Lipinski definition) is 0. The highest BCUT2D eigenvalue weighted by Crippen LogP contribution is 2.43. The predicted molar refractivity (Wildman–Crippen MR) is 186 cm³/mol. The molecule has 4 heteroatoms. The molecule has 3 aliphatic carbocycles. The number of aliphatic imine (C=N–C) groups is 1. The monoisotopic (exact) mass is 613 g/mol. The van der Waals surface area contributed by atoms with Crippen LogP contribution in [0.2, 0.25) is 0 Å². The average molecular weight is 614 g/mol. The molecule has 2 fully saturated rings. The number of carbonyl (C=O) groups excluding carboxylic acids is 2. The topological polar surface area (TPSA) is 46.5 Å². The minimum Gasteiger partial charge on any atom is -0.298 e. The summed E-state index contributed by atoms with van der Waals surface area (Å²) in [7, 11) is 0. The fourth-order valence-electron chi connectivity index (χ4n) is 7.90. The van der Waals surface area contributed by atoms with Crippen LogP contribution >= 0.6 is 0 Å². The number of nitrogens with zero attached hydrogens (tertiary/aromatic N) is 1. The number of hydrogen-bond acceptors (Lipinski definition) is 3. The number of allylic oxidation sites excluding steroid dienone is 6. The predicted octanol–water partition coefficient (Wildman–Crippen LogP) is 9.66. The average Bonchev–Trinajstić information content (AvgIpc) is 3.53. The highest BCUT2D eigenvalue weighted by Gasteiger charge is 2.42. The summed E-state index contributed by atoms with van der Waals surface area (Å²) in [5, 5.41) is 0. The number of benzene rings is 2. The van der Waals surface area contributed by atoms with E-state index in [4.69, 9.17) is 11.4 Å². The third-order valence-corrected chi connectivity index (χ3v) is 10.6. The van der Waals surface area contributed by atoms with Crippen molar-refractivity contribution < 1.29 is 14.0 Å². The molecular formula is C42H44FNO2. The molecule has 1 heterocycles. The molecule has 2 saturated carbocycles. The van der Waals surface area contributed by atoms with Crippen LogP contribution in [-0.2, 0) is 11.2 Å². The second-order valence-corrected chi connectivity index (χ2v) is 13.7. The van der Waals surface area contributed by atoms with Gasteiger partial charge in [-0.2, -0.15) is 0 Å². The molecule has 2 atom stereocenters. The van der Waals surface area contributed by atoms with Crippen LogP contribution < -0.4 is 0 Å². The Labute approximate surface area is 273 Å². The molecule has 1 aliphatic heterocycles. The maximum atomic E-state index is 13.6. The summed E-state index contributed by atoms with van der Waals surface area (Å²) in [6, 6.07) is 14.4. The second-order valence-electron chi connectivity index (χ2n) is 13.7. The first-order chi connectivity index (χ1) is 22.3. The number of carbonyl (C=O) groups is 2. The number of alkyl halides is 1. The summed E-state index contributed by atoms with van der Waals surface area (Å²) in [6.45, 7) is 3.55. The van der Waals surface area contributed by atoms with Crippen LogP contribution in [0.25, 0.3) is 11.6 Å². The second kappa shape index (κ2) is 13.7. The van der Waals surface area contributed by atoms with Gasteiger partial charge >= 0.3 is 0 Å². The quantitative estimate of drug-likeness (QED) is 0.209. The molecule has 0 bridgehead atoms. The van der Waals surface area contributed by atoms with Crippen molar-refractivity contribution in [1.29, 1.82) is 0 Å². The van der Waals surface area contributed by atoms with Crippen molar-refractivity contribution >= 4 is 28.9 Å². The summed E-state index contributed by atoms with van der Waals surface area (Å²) in [5.74, 6) is 3.42. The van der Waals surface area contributed by atoms with Gasteiger partial charge in [-0.1, -0.05) is 98.0 Å². The molecule has 0 radical (unpaired) electrons. The van der Waals surface area contributed by atoms with Gasteiger partial charge in [0.2, 0.25) is 0 Å². The zero-order chi connectivity index (χ0) is 32.3. The third kappa shape index (κ3) is 6.57. The summed E-state index contributed by atoms with van der Waals surface area (Å²) in [6.07, 6.45) is 25.4. The van der Waals surface area contributed by atoms with Gasteiger partial charge in [0.15, 0.2) is 11.6 Å². The maximum Gasteiger partial charge on any atom is 0.166 e. The van der Waals surface area contributed by atoms with E-state index in [0.29, 0.717) is 0 Å². The molecule has 0 saturated heterocycles. The number of fused-ring (bicyclic) bond motifs is 1. The van der Waals surface area contributed by atoms with Gasteiger partial charge in [-0.15, -0.1) is 6.42 Å². The first-order valence-electron chi connectivity index (χ1n) is 17.0. The van der Waals surface area contributed by atoms with Crippen LogP contribution in [0.15, 0.2) is 83.5 Å². The van der Waals surface area contributed by atoms with E-state index < -0.39 is 11.6 Å². The lowest BCUT2D eigenvalue weighted by molar-refractivity contribution is -0.132. The van der Waals surface area contributed by atoms with Gasteiger partial charge in [-0.25, -0.2) is 4.39 Å². The minimum absolute atomic E-state index is 0.00957. The van der Waals surface area contributed by atoms with E-state index in [2.05, 4.69) is 48.4 Å². The molecule has 0 spiro atoms. The summed E-state index contributed by atoms with van der Waals surface area (Å²) in [5.41, 5.74) is 7.87. The molecule has 3 nitrogen and oxygen atoms in total. The molecule has 2 unspecified atom stereocenters. The molecular weight excluding hydrogens is 569 g/mol. The Morgan fingerprint density at radius 1 is 1.04 bits per heavy atom. The lowest BCUT2D eigenvalue weighted by atomic mass is 9.65. The van der Waals surface area contributed by atoms with E-state index in [-0.39, 0.29) is 29.3 Å². The standard InChI is InChI=1S/C42H44FNO2/c1-4-42(23-6-5-7-24-42)41(46)34-20-18-33(19-21-34)40(45)36-22-15-31(25-28(36)2)26-35-9-8-10-37-38(27-44-39(35)37)32-16-13-30(14-17-32)12-11-29(3)43/h1,8-17,22,25,27,29,33-34,37H,5-7,18-21,23-24,26H2,2-3H3/b12-11-. The third-order valence-electron chi connectivity index (χ3n) is 10.6. The summed E-state index contributed by atoms with van der Waals surface area (Å²) >= 11 is 0. The van der Waals surface area contributed by atoms with E-state index in [1.807, 2.05) is 37.4 Å². The normalized spacial score (nSPS) is 24.4. The number of ketones is 2. The van der Waals surface area contributed by atoms with Crippen molar-refractivity contribution in [2.45, 2.75) is 84.2 Å². The lowest BCUT2D eigenvalue weighted by Crippen LogP contribution is -2.38. The Morgan fingerprint density at radius 2 is 1.76 bits per heavy atom. The Hall–Kier alpha value is -4.10. The van der Waals surface area contributed by atoms with E-state index in [1.54, 1.807) is 6.08 Å². The molecule has 2 aromatic rings. The molecule has 0 aromatic heterocycles. The van der Waals surface area contributed by atoms with E-state index in [0.717, 1.165) is 103 Å². The maximum absolute atomic E-state index is 13.6. The lowest BCUT2D eigenvalue weighted by Gasteiger charge is -2.36. The van der Waals surface area contributed by atoms with Gasteiger partial charge in [0, 0.05) is 29.5 Å². The number of rotatable bonds is 9. The highest BCUT2D eigenvalue weighted by atomic mass is 19.1. The van der Waals surface area contributed by atoms with Crippen LogP contribution in [0.3, 0.4) is 0 Å². The van der Waals surface area contributed by atoms with Crippen LogP contribution in [-0.4, -0.2) is 23.4 Å². The van der Waals surface area contributed by atoms with Gasteiger partial charge in [0.05, 0.1) is 11.1 Å². The number of halogens is 1. The van der Waals surface area contributed by atoms with Crippen LogP contribution in [0, 0.1) is 42.4 Å². The fraction of sp³-hybridized carbons (Fsp3) is 0.405. The molecule has 4 aliphatic rings. The SMILES string of the molecule is C#CC1(C(=O)C2CCC(C(=O)c3ccc(CC4=CC=CC5C(c6ccc(/C=C\C(C)F)cc6)=CN=C45)cc3C)CC2)CCCCC1. The smallest absolute Gasteiger partial charge is 0.166 e. The van der Waals surface area contributed by atoms with Crippen LogP contribution in [0.4, 0.5) is 4.39 Å². The number of aryl methyl sites for hydroxylation is 1. The minimum atomic E-state index is -0.969. The molecule has 46 heavy (non-hydrogen) atoms. The van der Waals surface area contributed by atoms with Crippen molar-refractivity contribution in [3.05, 3.63) is 106 Å². The zero-order valence-electron chi connectivity index (χ0n) is 27.1. The molecule has 2 aromatic carbocycles. The Kier molecular flexibility index (Phi) is 9.50. The molecule has 236 valence electrons. The summed E-state index contributed by atoms with van der Waals surface area (Å²) in [4.78, 5) is 31.9. The van der Waals surface area contributed by atoms with E-state index >= 15 is 0 Å². The summed E-state index contributed by atoms with van der Waals surface area (Å²) < 4.78 is 13.2. The highest BCUT2D eigenvalue weighted by molar-refractivity contribution is 6.13. The van der Waals surface area contributed by atoms with E-state index in [9.17, 15) is 14.0 Å². The van der Waals surface area contributed by atoms with Gasteiger partial charge in [-0.3, -0.25) is 14.6 Å².